The summed E-state index contributed by atoms with van der Waals surface area (Å²) >= 11 is 0. The maximum Gasteiger partial charge on any atom is 0.222 e. The van der Waals surface area contributed by atoms with E-state index in [9.17, 15) is 4.79 Å². The smallest absolute Gasteiger partial charge is 0.222 e. The monoisotopic (exact) mass is 213 g/mol. The summed E-state index contributed by atoms with van der Waals surface area (Å²) in [6.07, 6.45) is 4.99. The average Bonchev–Trinajstić information content (AvgIpc) is 2.21. The van der Waals surface area contributed by atoms with Crippen LogP contribution in [0.25, 0.3) is 0 Å². The van der Waals surface area contributed by atoms with Crippen LogP contribution in [-0.4, -0.2) is 38.9 Å². The first kappa shape index (κ1) is 13.9. The fourth-order valence-corrected chi connectivity index (χ4v) is 0.802. The molecule has 1 amide bonds. The lowest BCUT2D eigenvalue weighted by atomic mass is 10.2. The number of nitrogens with one attached hydrogen (secondary N) is 1. The Morgan fingerprint density at radius 3 is 2.60 bits per heavy atom. The van der Waals surface area contributed by atoms with Crippen molar-refractivity contribution < 1.29 is 14.3 Å². The molecule has 0 rings (SSSR count). The molecule has 0 aromatic heterocycles. The summed E-state index contributed by atoms with van der Waals surface area (Å²) in [5.41, 5.74) is 0. The van der Waals surface area contributed by atoms with Crippen LogP contribution in [-0.2, 0) is 14.3 Å². The second kappa shape index (κ2) is 9.50. The quantitative estimate of drug-likeness (QED) is 0.470. The van der Waals surface area contributed by atoms with Gasteiger partial charge in [0, 0.05) is 12.5 Å². The summed E-state index contributed by atoms with van der Waals surface area (Å²) in [6.45, 7) is 6.03. The maximum absolute atomic E-state index is 11.1. The van der Waals surface area contributed by atoms with Gasteiger partial charge in [-0.1, -0.05) is 19.8 Å². The molecule has 0 atom stereocenters. The van der Waals surface area contributed by atoms with Crippen LogP contribution in [0.1, 0.15) is 13.8 Å². The Morgan fingerprint density at radius 2 is 2.00 bits per heavy atom. The van der Waals surface area contributed by atoms with E-state index < -0.39 is 0 Å². The number of hydrogen-bond donors (Lipinski definition) is 1. The lowest BCUT2D eigenvalue weighted by molar-refractivity contribution is -0.124. The number of amides is 1. The molecule has 0 saturated heterocycles. The number of terminal acetylenes is 1. The molecule has 0 aliphatic heterocycles. The van der Waals surface area contributed by atoms with Gasteiger partial charge in [-0.25, -0.2) is 0 Å². The van der Waals surface area contributed by atoms with Crippen LogP contribution < -0.4 is 5.32 Å². The van der Waals surface area contributed by atoms with Crippen LogP contribution in [0.5, 0.6) is 0 Å². The number of hydrogen-bond acceptors (Lipinski definition) is 3. The molecule has 0 aliphatic rings. The molecule has 0 heterocycles. The van der Waals surface area contributed by atoms with Crippen molar-refractivity contribution in [3.05, 3.63) is 0 Å². The van der Waals surface area contributed by atoms with Crippen molar-refractivity contribution >= 4 is 5.91 Å². The van der Waals surface area contributed by atoms with Gasteiger partial charge < -0.3 is 14.8 Å². The standard InChI is InChI=1S/C11H19NO3/c1-4-6-14-8-9-15-7-5-12-11(13)10(2)3/h1,10H,5-9H2,2-3H3,(H,12,13). The van der Waals surface area contributed by atoms with Gasteiger partial charge in [0.1, 0.15) is 6.61 Å². The van der Waals surface area contributed by atoms with Crippen molar-refractivity contribution in [3.63, 3.8) is 0 Å². The van der Waals surface area contributed by atoms with E-state index in [-0.39, 0.29) is 11.8 Å². The van der Waals surface area contributed by atoms with Crippen molar-refractivity contribution in [1.29, 1.82) is 0 Å². The Kier molecular flexibility index (Phi) is 8.84. The molecule has 15 heavy (non-hydrogen) atoms. The Balaban J connectivity index is 3.12. The zero-order chi connectivity index (χ0) is 11.5. The molecule has 0 radical (unpaired) electrons. The Morgan fingerprint density at radius 1 is 1.33 bits per heavy atom. The molecule has 0 unspecified atom stereocenters. The van der Waals surface area contributed by atoms with Gasteiger partial charge in [0.25, 0.3) is 0 Å². The van der Waals surface area contributed by atoms with E-state index in [1.54, 1.807) is 0 Å². The van der Waals surface area contributed by atoms with E-state index in [2.05, 4.69) is 11.2 Å². The zero-order valence-corrected chi connectivity index (χ0v) is 9.41. The minimum Gasteiger partial charge on any atom is -0.377 e. The number of carbonyl (C=O) groups excluding carboxylic acids is 1. The largest absolute Gasteiger partial charge is 0.377 e. The molecule has 0 saturated carbocycles. The average molecular weight is 213 g/mol. The molecule has 0 spiro atoms. The van der Waals surface area contributed by atoms with Gasteiger partial charge in [0.2, 0.25) is 5.91 Å². The van der Waals surface area contributed by atoms with E-state index in [0.717, 1.165) is 0 Å². The van der Waals surface area contributed by atoms with Crippen LogP contribution in [0.2, 0.25) is 0 Å². The van der Waals surface area contributed by atoms with Crippen LogP contribution in [0.4, 0.5) is 0 Å². The van der Waals surface area contributed by atoms with Gasteiger partial charge >= 0.3 is 0 Å². The first-order chi connectivity index (χ1) is 7.18. The van der Waals surface area contributed by atoms with Crippen LogP contribution in [0.3, 0.4) is 0 Å². The van der Waals surface area contributed by atoms with E-state index >= 15 is 0 Å². The van der Waals surface area contributed by atoms with Crippen molar-refractivity contribution in [2.75, 3.05) is 33.0 Å². The van der Waals surface area contributed by atoms with Crippen LogP contribution in [0, 0.1) is 18.3 Å². The Bertz CT molecular complexity index is 208. The number of carbonyl (C=O) groups is 1. The SMILES string of the molecule is C#CCOCCOCCNC(=O)C(C)C. The molecular formula is C11H19NO3. The summed E-state index contributed by atoms with van der Waals surface area (Å²) in [7, 11) is 0. The summed E-state index contributed by atoms with van der Waals surface area (Å²) in [6, 6.07) is 0. The molecule has 1 N–H and O–H groups in total. The van der Waals surface area contributed by atoms with Crippen molar-refractivity contribution in [1.82, 2.24) is 5.32 Å². The number of rotatable bonds is 8. The van der Waals surface area contributed by atoms with Crippen molar-refractivity contribution in [2.45, 2.75) is 13.8 Å². The first-order valence-electron chi connectivity index (χ1n) is 5.05. The normalized spacial score (nSPS) is 10.0. The predicted molar refractivity (Wildman–Crippen MR) is 58.3 cm³/mol. The molecule has 0 aromatic rings. The maximum atomic E-state index is 11.1. The highest BCUT2D eigenvalue weighted by Crippen LogP contribution is 1.89. The minimum absolute atomic E-state index is 0.0176. The summed E-state index contributed by atoms with van der Waals surface area (Å²) in [4.78, 5) is 11.1. The lowest BCUT2D eigenvalue weighted by Gasteiger charge is -2.07. The Labute approximate surface area is 91.3 Å². The predicted octanol–water partition coefficient (Wildman–Crippen LogP) is 0.425. The van der Waals surface area contributed by atoms with Gasteiger partial charge in [0.05, 0.1) is 19.8 Å². The molecule has 4 heteroatoms. The third kappa shape index (κ3) is 9.26. The third-order valence-electron chi connectivity index (χ3n) is 1.63. The fraction of sp³-hybridized carbons (Fsp3) is 0.727. The summed E-state index contributed by atoms with van der Waals surface area (Å²) in [5, 5.41) is 2.75. The van der Waals surface area contributed by atoms with Crippen molar-refractivity contribution in [2.24, 2.45) is 5.92 Å². The first-order valence-corrected chi connectivity index (χ1v) is 5.05. The van der Waals surface area contributed by atoms with Gasteiger partial charge in [-0.3, -0.25) is 4.79 Å². The van der Waals surface area contributed by atoms with Crippen LogP contribution >= 0.6 is 0 Å². The van der Waals surface area contributed by atoms with Gasteiger partial charge in [-0.15, -0.1) is 6.42 Å². The summed E-state index contributed by atoms with van der Waals surface area (Å²) in [5.74, 6) is 2.42. The second-order valence-corrected chi connectivity index (χ2v) is 3.31. The highest BCUT2D eigenvalue weighted by atomic mass is 16.5. The highest BCUT2D eigenvalue weighted by Gasteiger charge is 2.04. The van der Waals surface area contributed by atoms with Gasteiger partial charge in [0.15, 0.2) is 0 Å². The summed E-state index contributed by atoms with van der Waals surface area (Å²) < 4.78 is 10.2. The second-order valence-electron chi connectivity index (χ2n) is 3.31. The molecule has 0 aliphatic carbocycles. The highest BCUT2D eigenvalue weighted by molar-refractivity contribution is 5.77. The Hall–Kier alpha value is -1.05. The topological polar surface area (TPSA) is 47.6 Å². The lowest BCUT2D eigenvalue weighted by Crippen LogP contribution is -2.31. The number of ether oxygens (including phenoxy) is 2. The van der Waals surface area contributed by atoms with E-state index in [1.807, 2.05) is 13.8 Å². The van der Waals surface area contributed by atoms with Gasteiger partial charge in [-0.05, 0) is 0 Å². The van der Waals surface area contributed by atoms with Crippen molar-refractivity contribution in [3.8, 4) is 12.3 Å². The van der Waals surface area contributed by atoms with Crippen LogP contribution in [0.15, 0.2) is 0 Å². The van der Waals surface area contributed by atoms with E-state index in [0.29, 0.717) is 33.0 Å². The third-order valence-corrected chi connectivity index (χ3v) is 1.63. The molecular weight excluding hydrogens is 194 g/mol. The zero-order valence-electron chi connectivity index (χ0n) is 9.41. The molecule has 4 nitrogen and oxygen atoms in total. The molecule has 86 valence electrons. The molecule has 0 bridgehead atoms. The minimum atomic E-state index is 0.0176. The van der Waals surface area contributed by atoms with Gasteiger partial charge in [-0.2, -0.15) is 0 Å². The van der Waals surface area contributed by atoms with E-state index in [1.165, 1.54) is 0 Å². The van der Waals surface area contributed by atoms with E-state index in [4.69, 9.17) is 15.9 Å². The molecule has 0 fully saturated rings. The fourth-order valence-electron chi connectivity index (χ4n) is 0.802. The molecule has 0 aromatic carbocycles.